The van der Waals surface area contributed by atoms with Crippen molar-refractivity contribution in [2.75, 3.05) is 0 Å². The third-order valence-corrected chi connectivity index (χ3v) is 15.0. The smallest absolute Gasteiger partial charge is 0.196 e. The van der Waals surface area contributed by atoms with Crippen molar-refractivity contribution in [3.8, 4) is 0 Å². The molecule has 0 aliphatic carbocycles. The molecule has 0 radical (unpaired) electrons. The number of rotatable bonds is 5. The van der Waals surface area contributed by atoms with Gasteiger partial charge in [0, 0.05) is 61.8 Å². The molecule has 8 aromatic rings. The Morgan fingerprint density at radius 2 is 1.02 bits per heavy atom. The van der Waals surface area contributed by atoms with Crippen LogP contribution in [0.15, 0.2) is 161 Å². The Hall–Kier alpha value is -4.20. The van der Waals surface area contributed by atoms with Crippen LogP contribution in [0.5, 0.6) is 0 Å². The van der Waals surface area contributed by atoms with Gasteiger partial charge in [0.15, 0.2) is 25.5 Å². The van der Waals surface area contributed by atoms with E-state index in [1.807, 2.05) is 48.5 Å². The summed E-state index contributed by atoms with van der Waals surface area (Å²) < 4.78 is 4.04. The number of hydrogen-bond acceptors (Lipinski definition) is 5. The Morgan fingerprint density at radius 1 is 0.491 bits per heavy atom. The fourth-order valence-corrected chi connectivity index (χ4v) is 12.2. The van der Waals surface area contributed by atoms with E-state index in [0.29, 0.717) is 0 Å². The van der Waals surface area contributed by atoms with E-state index in [-0.39, 0.29) is 29.1 Å². The standard InChI is InChI=1S/C46H39O2S4.CH4/c1-45(2,3)28-12-11-13-31(24-28)52(32-20-22-41-36(27-32)44(48)34-15-8-10-17-39(34)51-41)42-23-19-30(26-37(42)46(4,5)6)49-29-18-21-40-35(25-29)43(47)33-14-7-9-16-38(33)50-40;/h7-27H,1-6H3;1H4/q+1;. The summed E-state index contributed by atoms with van der Waals surface area (Å²) in [6.45, 7) is 13.6. The van der Waals surface area contributed by atoms with Gasteiger partial charge >= 0.3 is 0 Å². The molecule has 1 atom stereocenters. The van der Waals surface area contributed by atoms with Crippen LogP contribution < -0.4 is 10.9 Å². The maximum Gasteiger partial charge on any atom is 0.196 e. The second kappa shape index (κ2) is 14.2. The summed E-state index contributed by atoms with van der Waals surface area (Å²) in [5, 5.41) is 3.09. The van der Waals surface area contributed by atoms with Crippen LogP contribution in [0.1, 0.15) is 60.1 Å². The molecule has 0 N–H and O–H groups in total. The molecule has 0 saturated carbocycles. The van der Waals surface area contributed by atoms with E-state index in [1.165, 1.54) is 20.9 Å². The van der Waals surface area contributed by atoms with Crippen LogP contribution in [-0.2, 0) is 21.7 Å². The topological polar surface area (TPSA) is 34.1 Å². The van der Waals surface area contributed by atoms with Crippen molar-refractivity contribution in [1.82, 2.24) is 0 Å². The molecule has 0 fully saturated rings. The Kier molecular flexibility index (Phi) is 9.96. The van der Waals surface area contributed by atoms with Crippen molar-refractivity contribution in [1.29, 1.82) is 0 Å². The quantitative estimate of drug-likeness (QED) is 0.129. The highest BCUT2D eigenvalue weighted by Crippen LogP contribution is 2.43. The van der Waals surface area contributed by atoms with Gasteiger partial charge in [-0.25, -0.2) is 0 Å². The van der Waals surface area contributed by atoms with Gasteiger partial charge in [-0.1, -0.05) is 97.1 Å². The van der Waals surface area contributed by atoms with E-state index < -0.39 is 10.9 Å². The lowest BCUT2D eigenvalue weighted by Gasteiger charge is -2.24. The molecule has 2 aromatic heterocycles. The number of hydrogen-bond donors (Lipinski definition) is 0. The monoisotopic (exact) mass is 767 g/mol. The SMILES string of the molecule is C.CC(C)(C)c1cccc([S+](c2ccc3sc4ccccc4c(=O)c3c2)c2ccc(Sc3ccc4sc5ccccc5c(=O)c4c3)cc2C(C)(C)C)c1. The zero-order chi connectivity index (χ0) is 36.4. The minimum atomic E-state index is -0.489. The highest BCUT2D eigenvalue weighted by Gasteiger charge is 2.36. The summed E-state index contributed by atoms with van der Waals surface area (Å²) in [6, 6.07) is 44.5. The molecule has 266 valence electrons. The number of fused-ring (bicyclic) bond motifs is 4. The molecule has 0 bridgehead atoms. The van der Waals surface area contributed by atoms with Gasteiger partial charge in [0.05, 0.1) is 10.9 Å². The van der Waals surface area contributed by atoms with Crippen LogP contribution in [0.3, 0.4) is 0 Å². The van der Waals surface area contributed by atoms with E-state index in [0.717, 1.165) is 55.0 Å². The van der Waals surface area contributed by atoms with Gasteiger partial charge in [0.1, 0.15) is 0 Å². The molecule has 6 aromatic carbocycles. The molecule has 0 amide bonds. The normalized spacial score (nSPS) is 12.7. The lowest BCUT2D eigenvalue weighted by molar-refractivity contribution is 0.575. The van der Waals surface area contributed by atoms with E-state index in [1.54, 1.807) is 34.4 Å². The first kappa shape index (κ1) is 37.1. The van der Waals surface area contributed by atoms with Crippen molar-refractivity contribution < 1.29 is 0 Å². The second-order valence-corrected chi connectivity index (χ2v) is 20.6. The Bertz CT molecular complexity index is 2800. The molecule has 0 aliphatic rings. The summed E-state index contributed by atoms with van der Waals surface area (Å²) in [5.74, 6) is 0. The Morgan fingerprint density at radius 3 is 1.64 bits per heavy atom. The minimum Gasteiger partial charge on any atom is -0.289 e. The molecule has 0 aliphatic heterocycles. The first-order chi connectivity index (χ1) is 24.8. The molecule has 6 heteroatoms. The van der Waals surface area contributed by atoms with Crippen LogP contribution in [0.2, 0.25) is 0 Å². The van der Waals surface area contributed by atoms with Crippen molar-refractivity contribution in [3.05, 3.63) is 159 Å². The molecule has 1 unspecified atom stereocenters. The Labute approximate surface area is 326 Å². The zero-order valence-electron chi connectivity index (χ0n) is 30.1. The average Bonchev–Trinajstić information content (AvgIpc) is 3.12. The molecule has 8 rings (SSSR count). The molecule has 2 heterocycles. The van der Waals surface area contributed by atoms with Gasteiger partial charge in [0.25, 0.3) is 0 Å². The molecule has 0 saturated heterocycles. The lowest BCUT2D eigenvalue weighted by Crippen LogP contribution is -2.19. The molecule has 0 spiro atoms. The third kappa shape index (κ3) is 7.10. The van der Waals surface area contributed by atoms with E-state index in [4.69, 9.17) is 0 Å². The first-order valence-corrected chi connectivity index (χ1v) is 21.1. The van der Waals surface area contributed by atoms with Crippen LogP contribution in [0.25, 0.3) is 40.3 Å². The van der Waals surface area contributed by atoms with E-state index in [2.05, 4.69) is 120 Å². The van der Waals surface area contributed by atoms with Crippen LogP contribution in [0, 0.1) is 0 Å². The zero-order valence-corrected chi connectivity index (χ0v) is 33.3. The van der Waals surface area contributed by atoms with Crippen LogP contribution in [-0.4, -0.2) is 0 Å². The molecule has 2 nitrogen and oxygen atoms in total. The van der Waals surface area contributed by atoms with Gasteiger partial charge in [-0.2, -0.15) is 0 Å². The van der Waals surface area contributed by atoms with Crippen LogP contribution in [0.4, 0.5) is 0 Å². The third-order valence-electron chi connectivity index (χ3n) is 9.48. The van der Waals surface area contributed by atoms with E-state index >= 15 is 0 Å². The van der Waals surface area contributed by atoms with Gasteiger partial charge in [0.2, 0.25) is 0 Å². The van der Waals surface area contributed by atoms with Crippen molar-refractivity contribution >= 4 is 85.7 Å². The summed E-state index contributed by atoms with van der Waals surface area (Å²) >= 11 is 5.04. The summed E-state index contributed by atoms with van der Waals surface area (Å²) in [7, 11) is -0.489. The van der Waals surface area contributed by atoms with Crippen LogP contribution >= 0.6 is 34.4 Å². The summed E-state index contributed by atoms with van der Waals surface area (Å²) in [4.78, 5) is 33.2. The highest BCUT2D eigenvalue weighted by molar-refractivity contribution is 7.99. The van der Waals surface area contributed by atoms with Gasteiger partial charge in [-0.3, -0.25) is 9.59 Å². The Balaban J connectivity index is 0.00000435. The summed E-state index contributed by atoms with van der Waals surface area (Å²) in [5.41, 5.74) is 2.55. The average molecular weight is 768 g/mol. The van der Waals surface area contributed by atoms with E-state index in [9.17, 15) is 9.59 Å². The van der Waals surface area contributed by atoms with Crippen molar-refractivity contribution in [2.45, 2.75) is 84.3 Å². The largest absolute Gasteiger partial charge is 0.289 e. The molecular formula is C47H43O2S4+. The fraction of sp³-hybridized carbons (Fsp3) is 0.191. The number of benzene rings is 6. The maximum absolute atomic E-state index is 13.9. The lowest BCUT2D eigenvalue weighted by atomic mass is 9.87. The van der Waals surface area contributed by atoms with Crippen molar-refractivity contribution in [3.63, 3.8) is 0 Å². The predicted octanol–water partition coefficient (Wildman–Crippen LogP) is 13.6. The minimum absolute atomic E-state index is 0. The second-order valence-electron chi connectivity index (χ2n) is 15.3. The maximum atomic E-state index is 13.9. The fourth-order valence-electron chi connectivity index (χ4n) is 6.71. The first-order valence-electron chi connectivity index (χ1n) is 17.4. The predicted molar refractivity (Wildman–Crippen MR) is 235 cm³/mol. The van der Waals surface area contributed by atoms with Gasteiger partial charge < -0.3 is 0 Å². The van der Waals surface area contributed by atoms with Gasteiger partial charge in [-0.15, -0.1) is 22.7 Å². The highest BCUT2D eigenvalue weighted by atomic mass is 32.2. The van der Waals surface area contributed by atoms with Gasteiger partial charge in [-0.05, 0) is 101 Å². The summed E-state index contributed by atoms with van der Waals surface area (Å²) in [6.07, 6.45) is 0. The molecular weight excluding hydrogens is 725 g/mol. The molecule has 53 heavy (non-hydrogen) atoms. The van der Waals surface area contributed by atoms with Crippen molar-refractivity contribution in [2.24, 2.45) is 0 Å².